The van der Waals surface area contributed by atoms with Gasteiger partial charge in [0.25, 0.3) is 0 Å². The first-order chi connectivity index (χ1) is 27.1. The summed E-state index contributed by atoms with van der Waals surface area (Å²) in [6.45, 7) is 7.87. The van der Waals surface area contributed by atoms with Crippen LogP contribution in [-0.4, -0.2) is 69.2 Å². The molecule has 0 aliphatic carbocycles. The minimum absolute atomic E-state index is 0.191. The zero-order chi connectivity index (χ0) is 41.2. The number of nitrogens with one attached hydrogen (secondary N) is 1. The molecule has 1 rings (SSSR count). The first kappa shape index (κ1) is 51.0. The average molecular weight is 786 g/mol. The molecule has 1 fully saturated rings. The van der Waals surface area contributed by atoms with Gasteiger partial charge in [-0.05, 0) is 90.9 Å². The lowest BCUT2D eigenvalue weighted by Crippen LogP contribution is -2.56. The molecule has 56 heavy (non-hydrogen) atoms. The number of unbranched alkanes of at least 4 members (excludes halogenated alkanes) is 22. The molecule has 1 aliphatic heterocycles. The van der Waals surface area contributed by atoms with Crippen LogP contribution >= 0.6 is 0 Å². The number of hydrogen-bond acceptors (Lipinski definition) is 5. The lowest BCUT2D eigenvalue weighted by atomic mass is 10.1. The molecule has 3 unspecified atom stereocenters. The van der Waals surface area contributed by atoms with Crippen molar-refractivity contribution in [1.82, 2.24) is 15.1 Å². The van der Waals surface area contributed by atoms with E-state index in [1.165, 1.54) is 95.8 Å². The van der Waals surface area contributed by atoms with Gasteiger partial charge in [-0.25, -0.2) is 4.79 Å². The summed E-state index contributed by atoms with van der Waals surface area (Å²) in [5.41, 5.74) is 0. The van der Waals surface area contributed by atoms with Gasteiger partial charge in [-0.2, -0.15) is 0 Å². The van der Waals surface area contributed by atoms with Gasteiger partial charge in [-0.3, -0.25) is 24.1 Å². The number of rotatable bonds is 35. The number of carboxylic acid groups (broad SMARTS) is 1. The van der Waals surface area contributed by atoms with Crippen molar-refractivity contribution in [1.29, 1.82) is 0 Å². The molecule has 0 spiro atoms. The molecule has 1 aliphatic rings. The molecule has 1 heterocycles. The van der Waals surface area contributed by atoms with E-state index in [-0.39, 0.29) is 24.7 Å². The molecule has 0 saturated carbocycles. The summed E-state index contributed by atoms with van der Waals surface area (Å²) < 4.78 is 0. The lowest BCUT2D eigenvalue weighted by molar-refractivity contribution is -0.153. The van der Waals surface area contributed by atoms with Crippen LogP contribution < -0.4 is 5.32 Å². The zero-order valence-electron chi connectivity index (χ0n) is 36.3. The fraction of sp³-hybridized carbons (Fsp3) is 0.809. The summed E-state index contributed by atoms with van der Waals surface area (Å²) in [6.07, 6.45) is 40.4. The summed E-state index contributed by atoms with van der Waals surface area (Å²) >= 11 is 0. The van der Waals surface area contributed by atoms with Gasteiger partial charge in [0.1, 0.15) is 18.1 Å². The van der Waals surface area contributed by atoms with Crippen LogP contribution in [0.5, 0.6) is 0 Å². The van der Waals surface area contributed by atoms with Crippen molar-refractivity contribution in [2.24, 2.45) is 0 Å². The van der Waals surface area contributed by atoms with E-state index in [1.807, 2.05) is 0 Å². The Morgan fingerprint density at radius 3 is 1.38 bits per heavy atom. The van der Waals surface area contributed by atoms with Crippen LogP contribution in [0.2, 0.25) is 0 Å². The Morgan fingerprint density at radius 2 is 0.982 bits per heavy atom. The van der Waals surface area contributed by atoms with Crippen LogP contribution in [0.4, 0.5) is 0 Å². The number of carbonyl (C=O) groups excluding carboxylic acids is 4. The second kappa shape index (κ2) is 34.1. The average Bonchev–Trinajstić information content (AvgIpc) is 3.68. The molecule has 3 atom stereocenters. The molecule has 4 amide bonds. The van der Waals surface area contributed by atoms with Gasteiger partial charge in [0, 0.05) is 19.4 Å². The third-order valence-electron chi connectivity index (χ3n) is 11.2. The van der Waals surface area contributed by atoms with E-state index in [0.717, 1.165) is 81.9 Å². The van der Waals surface area contributed by atoms with Crippen molar-refractivity contribution in [3.8, 4) is 0 Å². The topological polar surface area (TPSA) is 124 Å². The van der Waals surface area contributed by atoms with E-state index >= 15 is 0 Å². The zero-order valence-corrected chi connectivity index (χ0v) is 36.3. The van der Waals surface area contributed by atoms with Crippen molar-refractivity contribution in [2.75, 3.05) is 6.54 Å². The van der Waals surface area contributed by atoms with Gasteiger partial charge in [0.2, 0.25) is 23.6 Å². The van der Waals surface area contributed by atoms with Crippen LogP contribution in [0.15, 0.2) is 24.3 Å². The quantitative estimate of drug-likeness (QED) is 0.0487. The predicted octanol–water partition coefficient (Wildman–Crippen LogP) is 11.4. The number of nitrogens with zero attached hydrogens (tertiary/aromatic N) is 2. The van der Waals surface area contributed by atoms with Gasteiger partial charge >= 0.3 is 5.97 Å². The summed E-state index contributed by atoms with van der Waals surface area (Å²) in [4.78, 5) is 67.6. The highest BCUT2D eigenvalue weighted by Crippen LogP contribution is 2.20. The molecule has 2 N–H and O–H groups in total. The van der Waals surface area contributed by atoms with Gasteiger partial charge in [-0.1, -0.05) is 141 Å². The fourth-order valence-corrected chi connectivity index (χ4v) is 7.55. The minimum Gasteiger partial charge on any atom is -0.480 e. The smallest absolute Gasteiger partial charge is 0.326 e. The molecule has 9 nitrogen and oxygen atoms in total. The van der Waals surface area contributed by atoms with Crippen LogP contribution in [0.25, 0.3) is 0 Å². The fourth-order valence-electron chi connectivity index (χ4n) is 7.55. The van der Waals surface area contributed by atoms with E-state index in [1.54, 1.807) is 0 Å². The number of allylic oxidation sites excluding steroid dienone is 4. The Balaban J connectivity index is 2.55. The summed E-state index contributed by atoms with van der Waals surface area (Å²) in [5.74, 6) is -2.83. The van der Waals surface area contributed by atoms with Crippen LogP contribution in [0.3, 0.4) is 0 Å². The highest BCUT2D eigenvalue weighted by molar-refractivity contribution is 6.01. The van der Waals surface area contributed by atoms with Gasteiger partial charge in [0.15, 0.2) is 0 Å². The van der Waals surface area contributed by atoms with Crippen LogP contribution in [0.1, 0.15) is 220 Å². The SMILES string of the molecule is CCCCCCCC/C=C\CCCCCCCC(=O)N(C(=O)CCCCCCC/C=C\CCCCCCCC)C(C)C(=O)NC(C)C(=O)N1CCCC1C(=O)O. The highest BCUT2D eigenvalue weighted by Gasteiger charge is 2.37. The highest BCUT2D eigenvalue weighted by atomic mass is 16.4. The normalized spacial score (nSPS) is 15.4. The van der Waals surface area contributed by atoms with E-state index in [9.17, 15) is 29.1 Å². The van der Waals surface area contributed by atoms with Crippen LogP contribution in [-0.2, 0) is 24.0 Å². The van der Waals surface area contributed by atoms with E-state index in [2.05, 4.69) is 43.5 Å². The summed E-state index contributed by atoms with van der Waals surface area (Å²) in [7, 11) is 0. The van der Waals surface area contributed by atoms with E-state index in [0.29, 0.717) is 32.2 Å². The number of likely N-dealkylation sites (tertiary alicyclic amines) is 1. The molecule has 0 aromatic rings. The molecule has 0 aromatic heterocycles. The van der Waals surface area contributed by atoms with Gasteiger partial charge < -0.3 is 15.3 Å². The molecule has 1 saturated heterocycles. The van der Waals surface area contributed by atoms with Crippen molar-refractivity contribution in [3.05, 3.63) is 24.3 Å². The van der Waals surface area contributed by atoms with Crippen molar-refractivity contribution in [2.45, 2.75) is 238 Å². The molecule has 0 radical (unpaired) electrons. The number of imide groups is 1. The molecule has 0 aromatic carbocycles. The largest absolute Gasteiger partial charge is 0.480 e. The Kier molecular flexibility index (Phi) is 31.1. The number of carbonyl (C=O) groups is 5. The lowest BCUT2D eigenvalue weighted by Gasteiger charge is -2.29. The Hall–Kier alpha value is -2.97. The summed E-state index contributed by atoms with van der Waals surface area (Å²) in [5, 5.41) is 12.2. The number of amides is 4. The third kappa shape index (κ3) is 23.9. The maximum atomic E-state index is 13.5. The minimum atomic E-state index is -1.08. The number of hydrogen-bond donors (Lipinski definition) is 2. The Labute approximate surface area is 342 Å². The molecule has 0 bridgehead atoms. The van der Waals surface area contributed by atoms with Crippen LogP contribution in [0, 0.1) is 0 Å². The first-order valence-corrected chi connectivity index (χ1v) is 23.1. The van der Waals surface area contributed by atoms with E-state index in [4.69, 9.17) is 0 Å². The van der Waals surface area contributed by atoms with Crippen molar-refractivity contribution >= 4 is 29.6 Å². The number of aliphatic carboxylic acids is 1. The monoisotopic (exact) mass is 786 g/mol. The van der Waals surface area contributed by atoms with E-state index < -0.39 is 35.9 Å². The summed E-state index contributed by atoms with van der Waals surface area (Å²) in [6, 6.07) is -2.96. The molecule has 322 valence electrons. The van der Waals surface area contributed by atoms with Gasteiger partial charge in [0.05, 0.1) is 0 Å². The molecular weight excluding hydrogens is 703 g/mol. The van der Waals surface area contributed by atoms with Gasteiger partial charge in [-0.15, -0.1) is 0 Å². The maximum absolute atomic E-state index is 13.5. The van der Waals surface area contributed by atoms with Crippen molar-refractivity contribution in [3.63, 3.8) is 0 Å². The second-order valence-electron chi connectivity index (χ2n) is 16.3. The maximum Gasteiger partial charge on any atom is 0.326 e. The standard InChI is InChI=1S/C47H83N3O6/c1-5-7-9-11-13-15-17-19-21-23-25-27-29-31-33-37-43(51)50(41(4)45(53)48-40(3)46(54)49-39-35-36-42(49)47(55)56)44(52)38-34-32-30-28-26-24-22-20-18-16-14-12-10-8-6-2/h19-22,40-42H,5-18,23-39H2,1-4H3,(H,48,53)(H,55,56)/b21-19-,22-20-. The molecule has 9 heteroatoms. The third-order valence-corrected chi connectivity index (χ3v) is 11.2. The number of carboxylic acids is 1. The Bertz CT molecular complexity index is 1080. The Morgan fingerprint density at radius 1 is 0.607 bits per heavy atom. The first-order valence-electron chi connectivity index (χ1n) is 23.1. The second-order valence-corrected chi connectivity index (χ2v) is 16.3. The molecular formula is C47H83N3O6. The predicted molar refractivity (Wildman–Crippen MR) is 230 cm³/mol. The van der Waals surface area contributed by atoms with Crippen molar-refractivity contribution < 1.29 is 29.1 Å².